The molecular formula is C52H81N3O7. The number of ketones is 3. The molecule has 0 spiro atoms. The number of hydrogen-bond donors (Lipinski definition) is 0. The van der Waals surface area contributed by atoms with Crippen LogP contribution in [0.25, 0.3) is 0 Å². The van der Waals surface area contributed by atoms with E-state index in [0.29, 0.717) is 38.6 Å². The molecule has 0 N–H and O–H groups in total. The summed E-state index contributed by atoms with van der Waals surface area (Å²) in [6, 6.07) is 17.3. The van der Waals surface area contributed by atoms with Gasteiger partial charge in [-0.25, -0.2) is 0 Å². The third-order valence-electron chi connectivity index (χ3n) is 13.6. The first-order valence-electron chi connectivity index (χ1n) is 23.3. The third kappa shape index (κ3) is 14.9. The largest absolute Gasteiger partial charge is 0.379 e. The van der Waals surface area contributed by atoms with E-state index in [9.17, 15) is 24.0 Å². The van der Waals surface area contributed by atoms with Crippen LogP contribution in [-0.4, -0.2) is 116 Å². The fraction of sp³-hybridized carbons (Fsp3) is 0.673. The number of Topliss-reactive ketones (excluding diaryl/α,β-unsaturated/α-hetero) is 3. The van der Waals surface area contributed by atoms with Crippen molar-refractivity contribution in [3.05, 3.63) is 71.3 Å². The summed E-state index contributed by atoms with van der Waals surface area (Å²) in [6.07, 6.45) is 3.61. The molecular weight excluding hydrogens is 779 g/mol. The van der Waals surface area contributed by atoms with Gasteiger partial charge in [-0.05, 0) is 81.5 Å². The second kappa shape index (κ2) is 25.5. The van der Waals surface area contributed by atoms with E-state index < -0.39 is 30.1 Å². The highest BCUT2D eigenvalue weighted by Gasteiger charge is 2.43. The summed E-state index contributed by atoms with van der Waals surface area (Å²) in [7, 11) is 8.80. The van der Waals surface area contributed by atoms with Crippen molar-refractivity contribution >= 4 is 29.2 Å². The minimum absolute atomic E-state index is 0.00691. The van der Waals surface area contributed by atoms with Gasteiger partial charge in [0.15, 0.2) is 5.78 Å². The molecule has 1 aliphatic rings. The van der Waals surface area contributed by atoms with Crippen molar-refractivity contribution in [1.82, 2.24) is 14.7 Å². The molecule has 1 saturated heterocycles. The number of rotatable bonds is 27. The molecule has 0 unspecified atom stereocenters. The van der Waals surface area contributed by atoms with E-state index in [1.54, 1.807) is 26.2 Å². The van der Waals surface area contributed by atoms with Crippen molar-refractivity contribution in [3.63, 3.8) is 0 Å². The van der Waals surface area contributed by atoms with Gasteiger partial charge in [0.1, 0.15) is 11.6 Å². The van der Waals surface area contributed by atoms with Gasteiger partial charge in [0, 0.05) is 65.3 Å². The second-order valence-electron chi connectivity index (χ2n) is 19.2. The molecule has 0 radical (unpaired) electrons. The van der Waals surface area contributed by atoms with Gasteiger partial charge in [-0.1, -0.05) is 115 Å². The van der Waals surface area contributed by atoms with Gasteiger partial charge in [-0.2, -0.15) is 0 Å². The third-order valence-corrected chi connectivity index (χ3v) is 13.6. The Morgan fingerprint density at radius 1 is 0.774 bits per heavy atom. The minimum atomic E-state index is -0.594. The lowest BCUT2D eigenvalue weighted by Gasteiger charge is -2.41. The van der Waals surface area contributed by atoms with Crippen LogP contribution >= 0.6 is 0 Å². The molecule has 0 aromatic heterocycles. The lowest BCUT2D eigenvalue weighted by atomic mass is 9.83. The summed E-state index contributed by atoms with van der Waals surface area (Å²) >= 11 is 0. The Bertz CT molecular complexity index is 1700. The van der Waals surface area contributed by atoms with Gasteiger partial charge in [0.25, 0.3) is 0 Å². The first-order chi connectivity index (χ1) is 29.3. The Morgan fingerprint density at radius 3 is 1.97 bits per heavy atom. The highest BCUT2D eigenvalue weighted by atomic mass is 16.5. The zero-order chi connectivity index (χ0) is 46.3. The highest BCUT2D eigenvalue weighted by Crippen LogP contribution is 2.32. The number of nitrogens with zero attached hydrogens (tertiary/aromatic N) is 3. The number of methoxy groups -OCH3 is 2. The molecule has 0 aliphatic carbocycles. The van der Waals surface area contributed by atoms with Gasteiger partial charge in [0.2, 0.25) is 11.8 Å². The quantitative estimate of drug-likeness (QED) is 0.0881. The van der Waals surface area contributed by atoms with Gasteiger partial charge in [-0.15, -0.1) is 0 Å². The number of likely N-dealkylation sites (tertiary alicyclic amines) is 1. The molecule has 10 heteroatoms. The van der Waals surface area contributed by atoms with E-state index in [0.717, 1.165) is 24.0 Å². The number of carbonyl (C=O) groups is 5. The van der Waals surface area contributed by atoms with Crippen LogP contribution in [0.15, 0.2) is 54.6 Å². The molecule has 62 heavy (non-hydrogen) atoms. The summed E-state index contributed by atoms with van der Waals surface area (Å²) in [6.45, 7) is 16.7. The molecule has 9 atom stereocenters. The molecule has 0 bridgehead atoms. The van der Waals surface area contributed by atoms with Crippen LogP contribution in [-0.2, 0) is 46.3 Å². The van der Waals surface area contributed by atoms with Crippen LogP contribution in [0.3, 0.4) is 0 Å². The summed E-state index contributed by atoms with van der Waals surface area (Å²) in [4.78, 5) is 75.6. The predicted octanol–water partition coefficient (Wildman–Crippen LogP) is 8.44. The Labute approximate surface area is 374 Å². The number of likely N-dealkylation sites (N-methyl/N-ethyl adjacent to an activating group) is 2. The van der Waals surface area contributed by atoms with E-state index in [-0.39, 0.29) is 84.2 Å². The molecule has 10 nitrogen and oxygen atoms in total. The summed E-state index contributed by atoms with van der Waals surface area (Å²) in [5.41, 5.74) is 3.40. The predicted molar refractivity (Wildman–Crippen MR) is 249 cm³/mol. The molecule has 2 aromatic rings. The van der Waals surface area contributed by atoms with Gasteiger partial charge >= 0.3 is 0 Å². The molecule has 1 fully saturated rings. The zero-order valence-electron chi connectivity index (χ0n) is 40.5. The summed E-state index contributed by atoms with van der Waals surface area (Å²) < 4.78 is 12.2. The van der Waals surface area contributed by atoms with Gasteiger partial charge < -0.3 is 19.3 Å². The van der Waals surface area contributed by atoms with Crippen LogP contribution in [0.1, 0.15) is 117 Å². The molecule has 2 amide bonds. The van der Waals surface area contributed by atoms with Crippen molar-refractivity contribution in [2.24, 2.45) is 35.5 Å². The van der Waals surface area contributed by atoms with Gasteiger partial charge in [-0.3, -0.25) is 28.9 Å². The van der Waals surface area contributed by atoms with Crippen LogP contribution < -0.4 is 0 Å². The maximum absolute atomic E-state index is 14.4. The molecule has 3 rings (SSSR count). The first-order valence-corrected chi connectivity index (χ1v) is 23.3. The molecule has 2 aromatic carbocycles. The fourth-order valence-corrected chi connectivity index (χ4v) is 9.90. The monoisotopic (exact) mass is 860 g/mol. The molecule has 1 aliphatic heterocycles. The van der Waals surface area contributed by atoms with E-state index >= 15 is 0 Å². The molecule has 0 saturated carbocycles. The number of aryl methyl sites for hydroxylation is 2. The van der Waals surface area contributed by atoms with E-state index in [4.69, 9.17) is 9.47 Å². The van der Waals surface area contributed by atoms with Crippen molar-refractivity contribution in [1.29, 1.82) is 0 Å². The van der Waals surface area contributed by atoms with E-state index in [2.05, 4.69) is 38.1 Å². The Hall–Kier alpha value is -3.73. The Morgan fingerprint density at radius 2 is 1.42 bits per heavy atom. The van der Waals surface area contributed by atoms with Gasteiger partial charge in [0.05, 0.1) is 36.8 Å². The van der Waals surface area contributed by atoms with Crippen molar-refractivity contribution in [2.75, 3.05) is 41.9 Å². The number of hydrogen-bond acceptors (Lipinski definition) is 8. The van der Waals surface area contributed by atoms with Crippen LogP contribution in [0.5, 0.6) is 0 Å². The smallest absolute Gasteiger partial charge is 0.226 e. The average Bonchev–Trinajstić information content (AvgIpc) is 3.71. The number of ether oxygens (including phenoxy) is 2. The minimum Gasteiger partial charge on any atom is -0.379 e. The number of benzene rings is 2. The fourth-order valence-electron chi connectivity index (χ4n) is 9.90. The lowest BCUT2D eigenvalue weighted by Crippen LogP contribution is -2.54. The van der Waals surface area contributed by atoms with E-state index in [1.165, 1.54) is 5.56 Å². The number of amides is 2. The number of carbonyl (C=O) groups excluding carboxylic acids is 5. The topological polar surface area (TPSA) is 114 Å². The normalized spacial score (nSPS) is 18.3. The van der Waals surface area contributed by atoms with Crippen LogP contribution in [0.2, 0.25) is 0 Å². The standard InChI is InChI=1S/C52H81N3O7/c1-14-37(7)50(54(11)52(60)43(34(2)3)32-46(58)49(35(4)5)53(9)10)47(61-12)33-48(59)55-28-18-21-44(55)51(62-13)38(8)45(57)31-41(29-40-19-16-15-17-20-40)30-42(56)27-26-39-24-22-36(6)23-25-39/h15-17,19-20,22-25,34-35,37-38,41,43-44,47,49-51H,14,18,21,26-33H2,1-13H3/t37-,38-,41-,43-,44-,47+,49-,50-,51+/m0/s1. The highest BCUT2D eigenvalue weighted by molar-refractivity contribution is 5.90. The zero-order valence-corrected chi connectivity index (χ0v) is 40.5. The van der Waals surface area contributed by atoms with Crippen molar-refractivity contribution in [3.8, 4) is 0 Å². The SMILES string of the molecule is CC[C@H](C)[C@@H]([C@@H](CC(=O)N1CCC[C@H]1[C@H](OC)[C@@H](C)C(=O)C[C@H](CC(=O)CCc1ccc(C)cc1)Cc1ccccc1)OC)N(C)C(=O)[C@@H](CC(=O)[C@H](C(C)C)N(C)C)C(C)C. The van der Waals surface area contributed by atoms with Crippen LogP contribution in [0, 0.1) is 42.4 Å². The maximum Gasteiger partial charge on any atom is 0.226 e. The van der Waals surface area contributed by atoms with Crippen molar-refractivity contribution in [2.45, 2.75) is 150 Å². The molecule has 1 heterocycles. The average molecular weight is 860 g/mol. The summed E-state index contributed by atoms with van der Waals surface area (Å²) in [5, 5.41) is 0. The summed E-state index contributed by atoms with van der Waals surface area (Å²) in [5.74, 6) is -1.11. The second-order valence-corrected chi connectivity index (χ2v) is 19.2. The Balaban J connectivity index is 1.77. The first kappa shape index (κ1) is 52.6. The van der Waals surface area contributed by atoms with Crippen LogP contribution in [0.4, 0.5) is 0 Å². The van der Waals surface area contributed by atoms with Crippen molar-refractivity contribution < 1.29 is 33.4 Å². The molecule has 346 valence electrons. The Kier molecular flexibility index (Phi) is 21.7. The maximum atomic E-state index is 14.4. The lowest BCUT2D eigenvalue weighted by molar-refractivity contribution is -0.149. The van der Waals surface area contributed by atoms with E-state index in [1.807, 2.05) is 95.8 Å².